The van der Waals surface area contributed by atoms with E-state index in [0.29, 0.717) is 6.54 Å². The molecule has 1 atom stereocenters. The van der Waals surface area contributed by atoms with Gasteiger partial charge < -0.3 is 14.5 Å². The summed E-state index contributed by atoms with van der Waals surface area (Å²) in [5, 5.41) is 3.32. The number of carbonyl (C=O) groups excluding carboxylic acids is 1. The van der Waals surface area contributed by atoms with E-state index in [9.17, 15) is 4.79 Å². The SMILES string of the molecule is C/C(=C\c1ccco1)C1CNCCN1C(=O)OC(C)(C)C. The molecule has 2 heterocycles. The first-order valence-electron chi connectivity index (χ1n) is 7.29. The molecule has 0 radical (unpaired) electrons. The Balaban J connectivity index is 2.13. The zero-order valence-corrected chi connectivity index (χ0v) is 13.2. The second kappa shape index (κ2) is 6.35. The molecule has 1 aromatic rings. The van der Waals surface area contributed by atoms with E-state index < -0.39 is 5.60 Å². The van der Waals surface area contributed by atoms with E-state index >= 15 is 0 Å². The van der Waals surface area contributed by atoms with Crippen molar-refractivity contribution >= 4 is 12.2 Å². The summed E-state index contributed by atoms with van der Waals surface area (Å²) in [6, 6.07) is 3.74. The molecule has 1 aliphatic rings. The quantitative estimate of drug-likeness (QED) is 0.910. The molecule has 2 rings (SSSR count). The highest BCUT2D eigenvalue weighted by molar-refractivity contribution is 5.70. The van der Waals surface area contributed by atoms with Gasteiger partial charge in [0, 0.05) is 19.6 Å². The first-order valence-corrected chi connectivity index (χ1v) is 7.29. The lowest BCUT2D eigenvalue weighted by Gasteiger charge is -2.37. The van der Waals surface area contributed by atoms with Crippen LogP contribution in [0.25, 0.3) is 6.08 Å². The number of rotatable bonds is 2. The molecule has 1 N–H and O–H groups in total. The minimum atomic E-state index is -0.481. The molecule has 5 heteroatoms. The van der Waals surface area contributed by atoms with Crippen LogP contribution < -0.4 is 5.32 Å². The molecule has 1 aliphatic heterocycles. The highest BCUT2D eigenvalue weighted by Crippen LogP contribution is 2.19. The summed E-state index contributed by atoms with van der Waals surface area (Å²) in [5.41, 5.74) is 0.591. The lowest BCUT2D eigenvalue weighted by atomic mass is 10.0. The standard InChI is InChI=1S/C16H24N2O3/c1-12(10-13-6-5-9-20-13)14-11-17-7-8-18(14)15(19)21-16(2,3)4/h5-6,9-10,14,17H,7-8,11H2,1-4H3/b12-10+. The lowest BCUT2D eigenvalue weighted by Crippen LogP contribution is -2.55. The molecule has 1 unspecified atom stereocenters. The Kier molecular flexibility index (Phi) is 4.73. The lowest BCUT2D eigenvalue weighted by molar-refractivity contribution is 0.0158. The van der Waals surface area contributed by atoms with Crippen molar-refractivity contribution in [1.82, 2.24) is 10.2 Å². The Morgan fingerprint density at radius 3 is 2.90 bits per heavy atom. The highest BCUT2D eigenvalue weighted by Gasteiger charge is 2.31. The van der Waals surface area contributed by atoms with Gasteiger partial charge in [-0.2, -0.15) is 0 Å². The summed E-state index contributed by atoms with van der Waals surface area (Å²) >= 11 is 0. The van der Waals surface area contributed by atoms with Gasteiger partial charge >= 0.3 is 6.09 Å². The van der Waals surface area contributed by atoms with Gasteiger partial charge in [-0.1, -0.05) is 0 Å². The predicted octanol–water partition coefficient (Wildman–Crippen LogP) is 2.89. The summed E-state index contributed by atoms with van der Waals surface area (Å²) in [5.74, 6) is 0.794. The van der Waals surface area contributed by atoms with E-state index in [1.54, 1.807) is 11.2 Å². The van der Waals surface area contributed by atoms with Crippen LogP contribution in [-0.2, 0) is 4.74 Å². The highest BCUT2D eigenvalue weighted by atomic mass is 16.6. The van der Waals surface area contributed by atoms with Crippen molar-refractivity contribution in [3.8, 4) is 0 Å². The third-order valence-electron chi connectivity index (χ3n) is 3.31. The van der Waals surface area contributed by atoms with Crippen LogP contribution in [0.2, 0.25) is 0 Å². The number of ether oxygens (including phenoxy) is 1. The number of nitrogens with one attached hydrogen (secondary N) is 1. The van der Waals surface area contributed by atoms with Crippen LogP contribution in [0.15, 0.2) is 28.4 Å². The third-order valence-corrected chi connectivity index (χ3v) is 3.31. The molecule has 116 valence electrons. The number of amides is 1. The molecular weight excluding hydrogens is 268 g/mol. The zero-order chi connectivity index (χ0) is 15.5. The Labute approximate surface area is 125 Å². The van der Waals surface area contributed by atoms with Crippen LogP contribution in [0, 0.1) is 0 Å². The molecule has 0 bridgehead atoms. The Morgan fingerprint density at radius 2 is 2.29 bits per heavy atom. The summed E-state index contributed by atoms with van der Waals surface area (Å²) in [4.78, 5) is 14.1. The Morgan fingerprint density at radius 1 is 1.52 bits per heavy atom. The van der Waals surface area contributed by atoms with Gasteiger partial charge in [0.2, 0.25) is 0 Å². The summed E-state index contributed by atoms with van der Waals surface area (Å²) < 4.78 is 10.8. The van der Waals surface area contributed by atoms with Crippen molar-refractivity contribution in [2.45, 2.75) is 39.3 Å². The second-order valence-corrected chi connectivity index (χ2v) is 6.30. The van der Waals surface area contributed by atoms with Crippen LogP contribution in [0.1, 0.15) is 33.5 Å². The number of carbonyl (C=O) groups is 1. The van der Waals surface area contributed by atoms with Crippen molar-refractivity contribution in [2.75, 3.05) is 19.6 Å². The summed E-state index contributed by atoms with van der Waals surface area (Å²) in [7, 11) is 0. The van der Waals surface area contributed by atoms with E-state index in [1.165, 1.54) is 0 Å². The molecule has 0 aliphatic carbocycles. The second-order valence-electron chi connectivity index (χ2n) is 6.30. The van der Waals surface area contributed by atoms with Crippen LogP contribution in [0.3, 0.4) is 0 Å². The molecule has 0 saturated carbocycles. The van der Waals surface area contributed by atoms with Gasteiger partial charge in [0.25, 0.3) is 0 Å². The predicted molar refractivity (Wildman–Crippen MR) is 82.0 cm³/mol. The van der Waals surface area contributed by atoms with Gasteiger partial charge in [0.15, 0.2) is 0 Å². The minimum absolute atomic E-state index is 0.0151. The van der Waals surface area contributed by atoms with Crippen LogP contribution >= 0.6 is 0 Å². The van der Waals surface area contributed by atoms with Gasteiger partial charge in [0.1, 0.15) is 11.4 Å². The van der Waals surface area contributed by atoms with Crippen molar-refractivity contribution < 1.29 is 13.9 Å². The van der Waals surface area contributed by atoms with Crippen LogP contribution in [0.5, 0.6) is 0 Å². The van der Waals surface area contributed by atoms with Gasteiger partial charge in [-0.15, -0.1) is 0 Å². The van der Waals surface area contributed by atoms with Crippen molar-refractivity contribution in [1.29, 1.82) is 0 Å². The van der Waals surface area contributed by atoms with E-state index in [-0.39, 0.29) is 12.1 Å². The molecule has 1 fully saturated rings. The van der Waals surface area contributed by atoms with Crippen molar-refractivity contribution in [2.24, 2.45) is 0 Å². The average molecular weight is 292 g/mol. The maximum atomic E-state index is 12.4. The van der Waals surface area contributed by atoms with Gasteiger partial charge in [-0.05, 0) is 51.5 Å². The average Bonchev–Trinajstić information content (AvgIpc) is 2.89. The van der Waals surface area contributed by atoms with Gasteiger partial charge in [-0.25, -0.2) is 4.79 Å². The smallest absolute Gasteiger partial charge is 0.410 e. The number of hydrogen-bond acceptors (Lipinski definition) is 4. The first kappa shape index (κ1) is 15.6. The first-order chi connectivity index (χ1) is 9.87. The molecule has 1 aromatic heterocycles. The summed E-state index contributed by atoms with van der Waals surface area (Å²) in [6.45, 7) is 9.81. The van der Waals surface area contributed by atoms with E-state index in [2.05, 4.69) is 5.32 Å². The molecule has 0 aromatic carbocycles. The topological polar surface area (TPSA) is 54.7 Å². The maximum Gasteiger partial charge on any atom is 0.410 e. The van der Waals surface area contributed by atoms with Crippen LogP contribution in [0.4, 0.5) is 4.79 Å². The van der Waals surface area contributed by atoms with E-state index in [1.807, 2.05) is 45.9 Å². The van der Waals surface area contributed by atoms with Crippen molar-refractivity contribution in [3.63, 3.8) is 0 Å². The zero-order valence-electron chi connectivity index (χ0n) is 13.2. The Hall–Kier alpha value is -1.75. The molecule has 5 nitrogen and oxygen atoms in total. The minimum Gasteiger partial charge on any atom is -0.465 e. The fourth-order valence-electron chi connectivity index (χ4n) is 2.34. The maximum absolute atomic E-state index is 12.4. The number of hydrogen-bond donors (Lipinski definition) is 1. The number of piperazine rings is 1. The number of nitrogens with zero attached hydrogens (tertiary/aromatic N) is 1. The van der Waals surface area contributed by atoms with Gasteiger partial charge in [0.05, 0.1) is 12.3 Å². The molecule has 21 heavy (non-hydrogen) atoms. The van der Waals surface area contributed by atoms with Gasteiger partial charge in [-0.3, -0.25) is 4.90 Å². The Bertz CT molecular complexity index is 500. The van der Waals surface area contributed by atoms with Crippen molar-refractivity contribution in [3.05, 3.63) is 29.7 Å². The molecule has 0 spiro atoms. The number of furan rings is 1. The van der Waals surface area contributed by atoms with E-state index in [0.717, 1.165) is 24.4 Å². The third kappa shape index (κ3) is 4.36. The molecule has 1 amide bonds. The van der Waals surface area contributed by atoms with E-state index in [4.69, 9.17) is 9.15 Å². The summed E-state index contributed by atoms with van der Waals surface area (Å²) in [6.07, 6.45) is 3.35. The largest absolute Gasteiger partial charge is 0.465 e. The normalized spacial score (nSPS) is 20.5. The fourth-order valence-corrected chi connectivity index (χ4v) is 2.34. The van der Waals surface area contributed by atoms with Crippen LogP contribution in [-0.4, -0.2) is 42.3 Å². The monoisotopic (exact) mass is 292 g/mol. The molecular formula is C16H24N2O3. The molecule has 1 saturated heterocycles. The fraction of sp³-hybridized carbons (Fsp3) is 0.562.